The fourth-order valence-corrected chi connectivity index (χ4v) is 2.46. The standard InChI is InChI=1S/C10H19NO5S/c1-6-7(2)9(4-11(12)13)16-10(8(6)3)5-15-17-14/h6-10,14H,4-5H2,1-3H3/t6-,7-,8-,9+,10-/m1/s1/i/hT. The Morgan fingerprint density at radius 3 is 2.65 bits per heavy atom. The van der Waals surface area contributed by atoms with Gasteiger partial charge in [-0.15, -0.1) is 0 Å². The third-order valence-corrected chi connectivity index (χ3v) is 4.02. The van der Waals surface area contributed by atoms with E-state index < -0.39 is 0 Å². The van der Waals surface area contributed by atoms with Gasteiger partial charge in [-0.05, 0) is 17.8 Å². The molecule has 1 aliphatic rings. The van der Waals surface area contributed by atoms with Crippen molar-refractivity contribution in [3.8, 4) is 0 Å². The lowest BCUT2D eigenvalue weighted by Gasteiger charge is -2.42. The van der Waals surface area contributed by atoms with E-state index in [2.05, 4.69) is 11.5 Å². The molecule has 5 atom stereocenters. The molecule has 1 fully saturated rings. The van der Waals surface area contributed by atoms with Crippen molar-refractivity contribution in [1.82, 2.24) is 0 Å². The number of hydrogen-bond acceptors (Lipinski definition) is 6. The largest absolute Gasteiger partial charge is 0.365 e. The molecule has 0 amide bonds. The summed E-state index contributed by atoms with van der Waals surface area (Å²) in [5, 5.41) is 10.6. The SMILES string of the molecule is [3H]OSOC[C@H]1O[C@@H](C[N+](=O)[O-])[C@H](C)[C@@H](C)[C@H]1C. The molecule has 0 bridgehead atoms. The average molecular weight is 267 g/mol. The van der Waals surface area contributed by atoms with Crippen molar-refractivity contribution in [3.05, 3.63) is 10.1 Å². The van der Waals surface area contributed by atoms with Crippen LogP contribution in [0.5, 0.6) is 0 Å². The topological polar surface area (TPSA) is 81.8 Å². The van der Waals surface area contributed by atoms with Crippen LogP contribution in [0.4, 0.5) is 0 Å². The molecule has 6 nitrogen and oxygen atoms in total. The maximum Gasteiger partial charge on any atom is 0.231 e. The van der Waals surface area contributed by atoms with E-state index in [0.717, 1.165) is 0 Å². The molecule has 1 N–H and O–H groups in total. The highest BCUT2D eigenvalue weighted by atomic mass is 32.2. The molecule has 1 rings (SSSR count). The van der Waals surface area contributed by atoms with Gasteiger partial charge in [0.25, 0.3) is 0 Å². The van der Waals surface area contributed by atoms with E-state index in [9.17, 15) is 10.1 Å². The van der Waals surface area contributed by atoms with Crippen LogP contribution in [0.15, 0.2) is 0 Å². The van der Waals surface area contributed by atoms with Gasteiger partial charge in [0.2, 0.25) is 7.98 Å². The predicted octanol–water partition coefficient (Wildman–Crippen LogP) is 2.08. The highest BCUT2D eigenvalue weighted by Crippen LogP contribution is 2.35. The number of rotatable bonds is 6. The van der Waals surface area contributed by atoms with Crippen molar-refractivity contribution in [3.63, 3.8) is 0 Å². The Balaban J connectivity index is 2.59. The molecular weight excluding hydrogens is 246 g/mol. The first-order chi connectivity index (χ1) is 8.47. The Kier molecular flexibility index (Phi) is 5.02. The molecule has 0 aromatic rings. The molecule has 0 unspecified atom stereocenters. The lowest BCUT2D eigenvalue weighted by molar-refractivity contribution is -0.497. The van der Waals surface area contributed by atoms with Gasteiger partial charge in [-0.25, -0.2) is 0 Å². The maximum absolute atomic E-state index is 10.6. The first-order valence-corrected chi connectivity index (χ1v) is 6.32. The minimum Gasteiger partial charge on any atom is -0.365 e. The predicted molar refractivity (Wildman–Crippen MR) is 64.2 cm³/mol. The summed E-state index contributed by atoms with van der Waals surface area (Å²) in [5.41, 5.74) is 0. The second kappa shape index (κ2) is 6.53. The summed E-state index contributed by atoms with van der Waals surface area (Å²) < 4.78 is 21.3. The Hall–Kier alpha value is -0.370. The van der Waals surface area contributed by atoms with Crippen molar-refractivity contribution in [2.75, 3.05) is 13.2 Å². The Morgan fingerprint density at radius 2 is 2.06 bits per heavy atom. The summed E-state index contributed by atoms with van der Waals surface area (Å²) in [6.07, 6.45) is -0.592. The molecular formula is C10H19NO5S. The van der Waals surface area contributed by atoms with Gasteiger partial charge in [-0.3, -0.25) is 14.3 Å². The zero-order chi connectivity index (χ0) is 13.7. The van der Waals surface area contributed by atoms with Gasteiger partial charge >= 0.3 is 0 Å². The Labute approximate surface area is 107 Å². The van der Waals surface area contributed by atoms with Gasteiger partial charge in [0.05, 0.1) is 12.7 Å². The van der Waals surface area contributed by atoms with E-state index >= 15 is 0 Å². The maximum atomic E-state index is 10.6. The normalized spacial score (nSPS) is 38.8. The molecule has 1 saturated heterocycles. The van der Waals surface area contributed by atoms with Crippen LogP contribution in [-0.2, 0) is 8.92 Å². The van der Waals surface area contributed by atoms with Crippen LogP contribution >= 0.6 is 12.3 Å². The molecule has 17 heavy (non-hydrogen) atoms. The molecule has 0 radical (unpaired) electrons. The number of nitro groups is 1. The molecule has 0 saturated carbocycles. The van der Waals surface area contributed by atoms with E-state index in [1.54, 1.807) is 0 Å². The molecule has 0 aromatic carbocycles. The highest BCUT2D eigenvalue weighted by Gasteiger charge is 2.41. The minimum absolute atomic E-state index is 0.140. The van der Waals surface area contributed by atoms with Crippen molar-refractivity contribution in [2.24, 2.45) is 17.8 Å². The van der Waals surface area contributed by atoms with E-state index in [1.165, 1.54) is 0 Å². The van der Waals surface area contributed by atoms with E-state index in [4.69, 9.17) is 10.4 Å². The molecule has 1 heterocycles. The number of ether oxygens (including phenoxy) is 1. The second-order valence-corrected chi connectivity index (χ2v) is 5.03. The van der Waals surface area contributed by atoms with Crippen LogP contribution in [0.2, 0.25) is 0 Å². The fourth-order valence-electron chi connectivity index (χ4n) is 2.27. The summed E-state index contributed by atoms with van der Waals surface area (Å²) in [7, 11) is 0. The molecule has 0 spiro atoms. The summed E-state index contributed by atoms with van der Waals surface area (Å²) in [4.78, 5) is 10.3. The quantitative estimate of drug-likeness (QED) is 0.343. The van der Waals surface area contributed by atoms with Crippen molar-refractivity contribution in [1.29, 1.82) is 1.43 Å². The van der Waals surface area contributed by atoms with Gasteiger partial charge in [0.1, 0.15) is 6.10 Å². The average Bonchev–Trinajstić information content (AvgIpc) is 2.31. The van der Waals surface area contributed by atoms with Crippen molar-refractivity contribution < 1.29 is 18.4 Å². The zero-order valence-electron chi connectivity index (χ0n) is 11.2. The zero-order valence-corrected chi connectivity index (χ0v) is 11.0. The second-order valence-electron chi connectivity index (χ2n) is 4.66. The van der Waals surface area contributed by atoms with Crippen molar-refractivity contribution in [2.45, 2.75) is 33.0 Å². The van der Waals surface area contributed by atoms with Gasteiger partial charge in [0, 0.05) is 4.92 Å². The van der Waals surface area contributed by atoms with Gasteiger partial charge in [-0.2, -0.15) is 0 Å². The van der Waals surface area contributed by atoms with Crippen LogP contribution in [0.25, 0.3) is 1.43 Å². The monoisotopic (exact) mass is 267 g/mol. The number of nitrogens with zero attached hydrogens (tertiary/aromatic N) is 1. The lowest BCUT2D eigenvalue weighted by Crippen LogP contribution is -2.48. The first kappa shape index (κ1) is 13.1. The molecule has 0 aromatic heterocycles. The summed E-state index contributed by atoms with van der Waals surface area (Å²) in [6.45, 7) is 6.18. The molecule has 7 heteroatoms. The van der Waals surface area contributed by atoms with E-state index in [0.29, 0.717) is 18.2 Å². The Bertz CT molecular complexity index is 283. The van der Waals surface area contributed by atoms with Gasteiger partial charge in [0.15, 0.2) is 12.3 Å². The highest BCUT2D eigenvalue weighted by molar-refractivity contribution is 7.88. The van der Waals surface area contributed by atoms with Gasteiger partial charge < -0.3 is 9.29 Å². The van der Waals surface area contributed by atoms with Crippen LogP contribution < -0.4 is 0 Å². The third kappa shape index (κ3) is 3.80. The lowest BCUT2D eigenvalue weighted by atomic mass is 9.76. The fraction of sp³-hybridized carbons (Fsp3) is 1.00. The third-order valence-electron chi connectivity index (χ3n) is 3.79. The van der Waals surface area contributed by atoms with Crippen LogP contribution in [0.3, 0.4) is 0 Å². The summed E-state index contributed by atoms with van der Waals surface area (Å²) in [5.74, 6) is 0.704. The van der Waals surface area contributed by atoms with E-state index in [-0.39, 0.29) is 42.1 Å². The molecule has 1 aliphatic heterocycles. The van der Waals surface area contributed by atoms with Crippen LogP contribution in [-0.4, -0.2) is 34.8 Å². The summed E-state index contributed by atoms with van der Waals surface area (Å²) >= 11 is 0.574. The minimum atomic E-state index is -0.387. The molecule has 0 aliphatic carbocycles. The number of hydrogen-bond donors (Lipinski definition) is 1. The van der Waals surface area contributed by atoms with Gasteiger partial charge in [-0.1, -0.05) is 20.8 Å². The van der Waals surface area contributed by atoms with Crippen LogP contribution in [0, 0.1) is 27.9 Å². The Morgan fingerprint density at radius 1 is 1.41 bits per heavy atom. The smallest absolute Gasteiger partial charge is 0.231 e. The van der Waals surface area contributed by atoms with E-state index in [1.807, 2.05) is 13.8 Å². The first-order valence-electron chi connectivity index (χ1n) is 6.06. The van der Waals surface area contributed by atoms with Crippen molar-refractivity contribution >= 4 is 12.3 Å². The molecule has 100 valence electrons. The summed E-state index contributed by atoms with van der Waals surface area (Å²) in [6, 6.07) is 0. The van der Waals surface area contributed by atoms with Crippen LogP contribution in [0.1, 0.15) is 20.8 Å².